The molecule has 0 saturated heterocycles. The van der Waals surface area contributed by atoms with E-state index in [2.05, 4.69) is 26.8 Å². The molecule has 0 saturated carbocycles. The third kappa shape index (κ3) is 4.00. The molecule has 2 aromatic carbocycles. The second kappa shape index (κ2) is 7.85. The molecule has 4 aromatic rings. The highest BCUT2D eigenvalue weighted by Gasteiger charge is 2.12. The number of aromatic hydroxyl groups is 1. The minimum atomic E-state index is 0.152. The molecule has 2 heterocycles. The van der Waals surface area contributed by atoms with E-state index < -0.39 is 0 Å². The Balaban J connectivity index is 1.59. The van der Waals surface area contributed by atoms with Gasteiger partial charge in [-0.2, -0.15) is 10.4 Å². The maximum absolute atomic E-state index is 9.47. The fourth-order valence-corrected chi connectivity index (χ4v) is 2.98. The molecule has 0 atom stereocenters. The van der Waals surface area contributed by atoms with Crippen molar-refractivity contribution in [1.82, 2.24) is 14.8 Å². The topological polar surface area (TPSA) is 125 Å². The molecule has 148 valence electrons. The van der Waals surface area contributed by atoms with E-state index in [0.29, 0.717) is 23.0 Å². The molecule has 0 aliphatic heterocycles. The lowest BCUT2D eigenvalue weighted by Gasteiger charge is -2.13. The lowest BCUT2D eigenvalue weighted by molar-refractivity contribution is 0.475. The molecule has 0 radical (unpaired) electrons. The van der Waals surface area contributed by atoms with Crippen LogP contribution in [0.5, 0.6) is 5.75 Å². The zero-order valence-electron chi connectivity index (χ0n) is 16.2. The van der Waals surface area contributed by atoms with Crippen molar-refractivity contribution in [3.63, 3.8) is 0 Å². The standard InChI is InChI=1S/C22H19N7O/c1-29-13-15(12-25-29)14-2-4-16(5-3-14)26-21-10-20(24)19(11-23)22(28-21)27-17-6-8-18(30)9-7-17/h2-10,12-13,30H,1H3,(H4,24,26,27,28). The van der Waals surface area contributed by atoms with E-state index in [4.69, 9.17) is 5.73 Å². The normalized spacial score (nSPS) is 10.4. The summed E-state index contributed by atoms with van der Waals surface area (Å²) < 4.78 is 1.76. The van der Waals surface area contributed by atoms with Gasteiger partial charge in [0.15, 0.2) is 5.82 Å². The second-order valence-corrected chi connectivity index (χ2v) is 6.71. The molecular weight excluding hydrogens is 378 g/mol. The van der Waals surface area contributed by atoms with Crippen LogP contribution in [0.1, 0.15) is 5.56 Å². The number of benzene rings is 2. The van der Waals surface area contributed by atoms with Crippen LogP contribution in [0, 0.1) is 11.3 Å². The Bertz CT molecular complexity index is 1220. The van der Waals surface area contributed by atoms with Crippen molar-refractivity contribution in [3.05, 3.63) is 72.6 Å². The van der Waals surface area contributed by atoms with Crippen molar-refractivity contribution in [3.8, 4) is 22.9 Å². The highest BCUT2D eigenvalue weighted by Crippen LogP contribution is 2.29. The second-order valence-electron chi connectivity index (χ2n) is 6.71. The van der Waals surface area contributed by atoms with E-state index in [9.17, 15) is 10.4 Å². The van der Waals surface area contributed by atoms with Gasteiger partial charge in [0.05, 0.1) is 11.9 Å². The number of phenols is 1. The summed E-state index contributed by atoms with van der Waals surface area (Å²) in [6.07, 6.45) is 3.76. The molecule has 4 rings (SSSR count). The van der Waals surface area contributed by atoms with Gasteiger partial charge in [0.1, 0.15) is 23.2 Å². The summed E-state index contributed by atoms with van der Waals surface area (Å²) in [6, 6.07) is 18.0. The van der Waals surface area contributed by atoms with Crippen molar-refractivity contribution in [2.24, 2.45) is 7.05 Å². The molecule has 30 heavy (non-hydrogen) atoms. The summed E-state index contributed by atoms with van der Waals surface area (Å²) in [6.45, 7) is 0. The van der Waals surface area contributed by atoms with Crippen LogP contribution in [0.3, 0.4) is 0 Å². The molecular formula is C22H19N7O. The third-order valence-electron chi connectivity index (χ3n) is 4.49. The van der Waals surface area contributed by atoms with Gasteiger partial charge in [0.25, 0.3) is 0 Å². The van der Waals surface area contributed by atoms with Crippen LogP contribution in [-0.4, -0.2) is 19.9 Å². The summed E-state index contributed by atoms with van der Waals surface area (Å²) in [5.41, 5.74) is 10.2. The van der Waals surface area contributed by atoms with Gasteiger partial charge in [-0.05, 0) is 42.0 Å². The van der Waals surface area contributed by atoms with Crippen LogP contribution < -0.4 is 16.4 Å². The monoisotopic (exact) mass is 397 g/mol. The number of nitrogens with zero attached hydrogens (tertiary/aromatic N) is 4. The van der Waals surface area contributed by atoms with E-state index in [1.54, 1.807) is 35.0 Å². The zero-order valence-corrected chi connectivity index (χ0v) is 16.2. The number of nitriles is 1. The Labute approximate surface area is 173 Å². The number of nitrogens with one attached hydrogen (secondary N) is 2. The number of pyridine rings is 1. The van der Waals surface area contributed by atoms with Gasteiger partial charge >= 0.3 is 0 Å². The average Bonchev–Trinajstić information content (AvgIpc) is 3.16. The Hall–Kier alpha value is -4.51. The van der Waals surface area contributed by atoms with Crippen LogP contribution in [0.15, 0.2) is 67.0 Å². The number of hydrogen-bond donors (Lipinski definition) is 4. The Morgan fingerprint density at radius 1 is 1.00 bits per heavy atom. The van der Waals surface area contributed by atoms with Crippen LogP contribution in [-0.2, 0) is 7.05 Å². The Morgan fingerprint density at radius 3 is 2.30 bits per heavy atom. The first kappa shape index (κ1) is 18.8. The number of phenolic OH excluding ortho intramolecular Hbond substituents is 1. The van der Waals surface area contributed by atoms with Crippen LogP contribution in [0.2, 0.25) is 0 Å². The lowest BCUT2D eigenvalue weighted by Crippen LogP contribution is -2.04. The SMILES string of the molecule is Cn1cc(-c2ccc(Nc3cc(N)c(C#N)c(Nc4ccc(O)cc4)n3)cc2)cn1. The van der Waals surface area contributed by atoms with Gasteiger partial charge in [0.2, 0.25) is 0 Å². The molecule has 0 fully saturated rings. The smallest absolute Gasteiger partial charge is 0.152 e. The van der Waals surface area contributed by atoms with Crippen LogP contribution in [0.25, 0.3) is 11.1 Å². The number of hydrogen-bond acceptors (Lipinski definition) is 7. The molecule has 0 amide bonds. The minimum Gasteiger partial charge on any atom is -0.508 e. The van der Waals surface area contributed by atoms with Gasteiger partial charge in [-0.3, -0.25) is 4.68 Å². The Morgan fingerprint density at radius 2 is 1.67 bits per heavy atom. The van der Waals surface area contributed by atoms with Crippen molar-refractivity contribution < 1.29 is 5.11 Å². The summed E-state index contributed by atoms with van der Waals surface area (Å²) in [7, 11) is 1.88. The predicted molar refractivity (Wildman–Crippen MR) is 117 cm³/mol. The van der Waals surface area contributed by atoms with Crippen molar-refractivity contribution in [1.29, 1.82) is 5.26 Å². The molecule has 5 N–H and O–H groups in total. The molecule has 0 aliphatic carbocycles. The fraction of sp³-hybridized carbons (Fsp3) is 0.0455. The van der Waals surface area contributed by atoms with Gasteiger partial charge in [0, 0.05) is 36.2 Å². The number of nitrogen functional groups attached to an aromatic ring is 1. The van der Waals surface area contributed by atoms with Gasteiger partial charge in [-0.15, -0.1) is 0 Å². The number of aromatic nitrogens is 3. The summed E-state index contributed by atoms with van der Waals surface area (Å²) in [5, 5.41) is 29.4. The third-order valence-corrected chi connectivity index (χ3v) is 4.49. The molecule has 2 aromatic heterocycles. The lowest BCUT2D eigenvalue weighted by atomic mass is 10.1. The minimum absolute atomic E-state index is 0.152. The van der Waals surface area contributed by atoms with Crippen LogP contribution >= 0.6 is 0 Å². The predicted octanol–water partition coefficient (Wildman–Crippen LogP) is 4.13. The van der Waals surface area contributed by atoms with Gasteiger partial charge in [-0.1, -0.05) is 12.1 Å². The number of aryl methyl sites for hydroxylation is 1. The largest absolute Gasteiger partial charge is 0.508 e. The summed E-state index contributed by atoms with van der Waals surface area (Å²) >= 11 is 0. The number of rotatable bonds is 5. The highest BCUT2D eigenvalue weighted by atomic mass is 16.3. The molecule has 0 bridgehead atoms. The first-order valence-electron chi connectivity index (χ1n) is 9.14. The molecule has 8 heteroatoms. The van der Waals surface area contributed by atoms with Gasteiger partial charge < -0.3 is 21.5 Å². The summed E-state index contributed by atoms with van der Waals surface area (Å²) in [5.74, 6) is 0.984. The van der Waals surface area contributed by atoms with Crippen molar-refractivity contribution >= 4 is 28.7 Å². The Kier molecular flexibility index (Phi) is 4.93. The van der Waals surface area contributed by atoms with E-state index in [0.717, 1.165) is 16.8 Å². The molecule has 0 spiro atoms. The van der Waals surface area contributed by atoms with E-state index in [-0.39, 0.29) is 11.3 Å². The van der Waals surface area contributed by atoms with E-state index in [1.807, 2.05) is 43.7 Å². The van der Waals surface area contributed by atoms with Crippen LogP contribution in [0.4, 0.5) is 28.7 Å². The van der Waals surface area contributed by atoms with Crippen molar-refractivity contribution in [2.45, 2.75) is 0 Å². The molecule has 8 nitrogen and oxygen atoms in total. The van der Waals surface area contributed by atoms with E-state index in [1.165, 1.54) is 0 Å². The maximum atomic E-state index is 9.47. The molecule has 0 aliphatic rings. The highest BCUT2D eigenvalue weighted by molar-refractivity contribution is 5.76. The van der Waals surface area contributed by atoms with Gasteiger partial charge in [-0.25, -0.2) is 4.98 Å². The number of anilines is 5. The summed E-state index contributed by atoms with van der Waals surface area (Å²) in [4.78, 5) is 4.50. The van der Waals surface area contributed by atoms with Crippen molar-refractivity contribution in [2.75, 3.05) is 16.4 Å². The quantitative estimate of drug-likeness (QED) is 0.373. The zero-order chi connectivity index (χ0) is 21.1. The molecule has 0 unspecified atom stereocenters. The number of nitrogens with two attached hydrogens (primary N) is 1. The fourth-order valence-electron chi connectivity index (χ4n) is 2.98. The first-order valence-corrected chi connectivity index (χ1v) is 9.14. The first-order chi connectivity index (χ1) is 14.5. The maximum Gasteiger partial charge on any atom is 0.152 e. The van der Waals surface area contributed by atoms with E-state index >= 15 is 0 Å². The average molecular weight is 397 g/mol.